The summed E-state index contributed by atoms with van der Waals surface area (Å²) in [5.74, 6) is -9.51. The minimum atomic E-state index is -3.77. The number of alkyl halides is 2. The highest BCUT2D eigenvalue weighted by Gasteiger charge is 2.43. The maximum Gasteiger partial charge on any atom is 0.349 e. The summed E-state index contributed by atoms with van der Waals surface area (Å²) in [6.45, 7) is 0.137. The number of anilines is 1. The average Bonchev–Trinajstić information content (AvgIpc) is 2.71. The average molecular weight is 484 g/mol. The first-order chi connectivity index (χ1) is 15.6. The van der Waals surface area contributed by atoms with E-state index >= 15 is 0 Å². The second-order valence-corrected chi connectivity index (χ2v) is 8.42. The van der Waals surface area contributed by atoms with Gasteiger partial charge >= 0.3 is 5.92 Å². The summed E-state index contributed by atoms with van der Waals surface area (Å²) in [4.78, 5) is 36.8. The van der Waals surface area contributed by atoms with Crippen molar-refractivity contribution in [1.29, 1.82) is 0 Å². The lowest BCUT2D eigenvalue weighted by atomic mass is 9.89. The fourth-order valence-electron chi connectivity index (χ4n) is 3.90. The van der Waals surface area contributed by atoms with E-state index in [1.165, 1.54) is 17.0 Å². The molecule has 2 saturated heterocycles. The molecule has 0 radical (unpaired) electrons. The normalized spacial score (nSPS) is 19.2. The van der Waals surface area contributed by atoms with Gasteiger partial charge in [-0.25, -0.2) is 8.78 Å². The Morgan fingerprint density at radius 3 is 2.27 bits per heavy atom. The molecule has 11 heteroatoms. The smallest absolute Gasteiger partial charge is 0.349 e. The number of nitrogens with one attached hydrogen (secondary N) is 2. The van der Waals surface area contributed by atoms with Gasteiger partial charge in [0.2, 0.25) is 11.8 Å². The Morgan fingerprint density at radius 1 is 1.09 bits per heavy atom. The number of nitrogens with zero attached hydrogens (tertiary/aromatic N) is 1. The first kappa shape index (κ1) is 23.0. The fourth-order valence-corrected chi connectivity index (χ4v) is 4.03. The molecule has 1 atom stereocenters. The molecule has 0 bridgehead atoms. The van der Waals surface area contributed by atoms with E-state index in [9.17, 15) is 31.9 Å². The molecular formula is C22H18ClF4N3O3. The molecule has 4 rings (SSSR count). The highest BCUT2D eigenvalue weighted by atomic mass is 35.5. The number of carbonyl (C=O) groups excluding carboxylic acids is 3. The molecule has 2 heterocycles. The SMILES string of the molecule is O=C1CCC(c2c(F)cc(N3CC(NC(=O)C(F)(F)c4ccc(Cl)cc4)C3)cc2F)C(=O)N1. The summed E-state index contributed by atoms with van der Waals surface area (Å²) in [5, 5.41) is 4.56. The van der Waals surface area contributed by atoms with Crippen LogP contribution in [0.4, 0.5) is 23.2 Å². The molecular weight excluding hydrogens is 466 g/mol. The number of carbonyl (C=O) groups is 3. The van der Waals surface area contributed by atoms with E-state index in [1.54, 1.807) is 0 Å². The zero-order valence-corrected chi connectivity index (χ0v) is 17.8. The molecule has 2 aliphatic heterocycles. The maximum atomic E-state index is 14.7. The summed E-state index contributed by atoms with van der Waals surface area (Å²) < 4.78 is 58.1. The van der Waals surface area contributed by atoms with E-state index in [1.807, 2.05) is 0 Å². The van der Waals surface area contributed by atoms with Crippen molar-refractivity contribution >= 4 is 35.0 Å². The first-order valence-electron chi connectivity index (χ1n) is 10.1. The van der Waals surface area contributed by atoms with E-state index < -0.39 is 58.4 Å². The second-order valence-electron chi connectivity index (χ2n) is 7.98. The van der Waals surface area contributed by atoms with Crippen LogP contribution in [-0.4, -0.2) is 36.9 Å². The van der Waals surface area contributed by atoms with Crippen LogP contribution in [0, 0.1) is 11.6 Å². The number of halogens is 5. The second kappa shape index (κ2) is 8.66. The van der Waals surface area contributed by atoms with Crippen LogP contribution in [-0.2, 0) is 20.3 Å². The van der Waals surface area contributed by atoms with Gasteiger partial charge in [0.1, 0.15) is 11.6 Å². The van der Waals surface area contributed by atoms with Crippen molar-refractivity contribution in [2.45, 2.75) is 30.7 Å². The molecule has 33 heavy (non-hydrogen) atoms. The zero-order valence-electron chi connectivity index (χ0n) is 17.0. The summed E-state index contributed by atoms with van der Waals surface area (Å²) in [7, 11) is 0. The maximum absolute atomic E-state index is 14.7. The summed E-state index contributed by atoms with van der Waals surface area (Å²) >= 11 is 5.68. The van der Waals surface area contributed by atoms with Crippen molar-refractivity contribution in [3.8, 4) is 0 Å². The van der Waals surface area contributed by atoms with E-state index in [-0.39, 0.29) is 36.6 Å². The molecule has 174 valence electrons. The van der Waals surface area contributed by atoms with Crippen LogP contribution in [0.3, 0.4) is 0 Å². The van der Waals surface area contributed by atoms with Gasteiger partial charge in [-0.15, -0.1) is 0 Å². The number of hydrogen-bond donors (Lipinski definition) is 2. The van der Waals surface area contributed by atoms with Gasteiger partial charge in [0.25, 0.3) is 5.91 Å². The van der Waals surface area contributed by atoms with Crippen LogP contribution >= 0.6 is 11.6 Å². The van der Waals surface area contributed by atoms with Crippen molar-refractivity contribution < 1.29 is 31.9 Å². The molecule has 0 saturated carbocycles. The third-order valence-electron chi connectivity index (χ3n) is 5.73. The van der Waals surface area contributed by atoms with Gasteiger partial charge in [-0.2, -0.15) is 8.78 Å². The van der Waals surface area contributed by atoms with Gasteiger partial charge in [-0.3, -0.25) is 19.7 Å². The Labute approximate surface area is 190 Å². The largest absolute Gasteiger partial charge is 0.367 e. The van der Waals surface area contributed by atoms with Crippen molar-refractivity contribution in [2.24, 2.45) is 0 Å². The van der Waals surface area contributed by atoms with E-state index in [0.717, 1.165) is 24.3 Å². The molecule has 1 unspecified atom stereocenters. The van der Waals surface area contributed by atoms with Crippen molar-refractivity contribution in [3.05, 3.63) is 64.2 Å². The Morgan fingerprint density at radius 2 is 1.70 bits per heavy atom. The van der Waals surface area contributed by atoms with E-state index in [2.05, 4.69) is 10.6 Å². The third-order valence-corrected chi connectivity index (χ3v) is 5.98. The summed E-state index contributed by atoms with van der Waals surface area (Å²) in [6, 6.07) is 6.08. The van der Waals surface area contributed by atoms with Crippen LogP contribution in [0.5, 0.6) is 0 Å². The highest BCUT2D eigenvalue weighted by Crippen LogP contribution is 2.34. The predicted octanol–water partition coefficient (Wildman–Crippen LogP) is 3.24. The third kappa shape index (κ3) is 4.52. The lowest BCUT2D eigenvalue weighted by molar-refractivity contribution is -0.148. The molecule has 2 N–H and O–H groups in total. The minimum absolute atomic E-state index is 0.00248. The standard InChI is InChI=1S/C22H18ClF4N3O3/c23-12-3-1-11(2-4-12)22(26,27)21(33)28-13-9-30(10-13)14-7-16(24)19(17(25)8-14)15-5-6-18(31)29-20(15)32/h1-4,7-8,13,15H,5-6,9-10H2,(H,28,33)(H,29,31,32). The van der Waals surface area contributed by atoms with Crippen molar-refractivity contribution in [2.75, 3.05) is 18.0 Å². The summed E-state index contributed by atoms with van der Waals surface area (Å²) in [6.07, 6.45) is -0.0251. The van der Waals surface area contributed by atoms with Gasteiger partial charge in [0, 0.05) is 41.3 Å². The van der Waals surface area contributed by atoms with Gasteiger partial charge in [0.05, 0.1) is 12.0 Å². The van der Waals surface area contributed by atoms with Crippen LogP contribution < -0.4 is 15.5 Å². The molecule has 6 nitrogen and oxygen atoms in total. The van der Waals surface area contributed by atoms with Crippen molar-refractivity contribution in [1.82, 2.24) is 10.6 Å². The molecule has 3 amide bonds. The quantitative estimate of drug-likeness (QED) is 0.505. The molecule has 0 aromatic heterocycles. The molecule has 0 spiro atoms. The number of imide groups is 1. The number of amides is 3. The predicted molar refractivity (Wildman–Crippen MR) is 111 cm³/mol. The molecule has 2 aromatic carbocycles. The first-order valence-corrected chi connectivity index (χ1v) is 10.5. The lowest BCUT2D eigenvalue weighted by Gasteiger charge is -2.42. The zero-order chi connectivity index (χ0) is 23.9. The van der Waals surface area contributed by atoms with Gasteiger partial charge in [0.15, 0.2) is 0 Å². The molecule has 0 aliphatic carbocycles. The number of piperidine rings is 1. The highest BCUT2D eigenvalue weighted by molar-refractivity contribution is 6.30. The Kier molecular flexibility index (Phi) is 6.04. The van der Waals surface area contributed by atoms with Gasteiger partial charge in [-0.1, -0.05) is 23.7 Å². The number of benzene rings is 2. The fraction of sp³-hybridized carbons (Fsp3) is 0.318. The van der Waals surface area contributed by atoms with E-state index in [4.69, 9.17) is 11.6 Å². The van der Waals surface area contributed by atoms with Crippen LogP contribution in [0.15, 0.2) is 36.4 Å². The van der Waals surface area contributed by atoms with Crippen LogP contribution in [0.25, 0.3) is 0 Å². The number of rotatable bonds is 5. The van der Waals surface area contributed by atoms with Crippen molar-refractivity contribution in [3.63, 3.8) is 0 Å². The van der Waals surface area contributed by atoms with E-state index in [0.29, 0.717) is 0 Å². The minimum Gasteiger partial charge on any atom is -0.367 e. The molecule has 2 aliphatic rings. The van der Waals surface area contributed by atoms with Gasteiger partial charge in [-0.05, 0) is 30.7 Å². The Balaban J connectivity index is 1.40. The molecule has 2 fully saturated rings. The number of hydrogen-bond acceptors (Lipinski definition) is 4. The van der Waals surface area contributed by atoms with Crippen LogP contribution in [0.2, 0.25) is 5.02 Å². The Hall–Kier alpha value is -3.14. The summed E-state index contributed by atoms with van der Waals surface area (Å²) in [5.41, 5.74) is -0.776. The Bertz CT molecular complexity index is 1100. The lowest BCUT2D eigenvalue weighted by Crippen LogP contribution is -2.61. The van der Waals surface area contributed by atoms with Crippen LogP contribution in [0.1, 0.15) is 29.9 Å². The monoisotopic (exact) mass is 483 g/mol. The molecule has 2 aromatic rings. The topological polar surface area (TPSA) is 78.5 Å². The van der Waals surface area contributed by atoms with Gasteiger partial charge < -0.3 is 10.2 Å².